The third kappa shape index (κ3) is 1.99. The number of hydrogen-bond acceptors (Lipinski definition) is 4. The first-order chi connectivity index (χ1) is 5.75. The Balaban J connectivity index is 2.81. The summed E-state index contributed by atoms with van der Waals surface area (Å²) >= 11 is 5.72. The van der Waals surface area contributed by atoms with Crippen LogP contribution in [0.25, 0.3) is 0 Å². The average molecular weight is 189 g/mol. The number of aliphatic hydroxyl groups excluding tert-OH is 1. The van der Waals surface area contributed by atoms with E-state index in [0.717, 1.165) is 0 Å². The Labute approximate surface area is 74.9 Å². The molecule has 0 bridgehead atoms. The zero-order chi connectivity index (χ0) is 8.97. The molecule has 12 heavy (non-hydrogen) atoms. The lowest BCUT2D eigenvalue weighted by molar-refractivity contribution is 0.202. The van der Waals surface area contributed by atoms with Gasteiger partial charge in [-0.2, -0.15) is 0 Å². The van der Waals surface area contributed by atoms with Crippen molar-refractivity contribution in [3.63, 3.8) is 0 Å². The number of ether oxygens (including phenoxy) is 1. The van der Waals surface area contributed by atoms with E-state index >= 15 is 0 Å². The van der Waals surface area contributed by atoms with Gasteiger partial charge in [0, 0.05) is 6.20 Å². The molecule has 0 saturated carbocycles. The summed E-state index contributed by atoms with van der Waals surface area (Å²) in [5.41, 5.74) is 5.88. The van der Waals surface area contributed by atoms with Crippen LogP contribution in [0.4, 0.5) is 5.69 Å². The molecule has 66 valence electrons. The first kappa shape index (κ1) is 9.09. The van der Waals surface area contributed by atoms with E-state index in [0.29, 0.717) is 16.5 Å². The molecule has 0 amide bonds. The lowest BCUT2D eigenvalue weighted by Gasteiger charge is -2.07. The maximum atomic E-state index is 8.48. The fourth-order valence-corrected chi connectivity index (χ4v) is 0.958. The maximum Gasteiger partial charge on any atom is 0.164 e. The molecule has 0 aliphatic rings. The molecule has 0 unspecified atom stereocenters. The molecule has 1 aromatic heterocycles. The summed E-state index contributed by atoms with van der Waals surface area (Å²) in [5.74, 6) is 0.376. The number of nitrogens with zero attached hydrogens (tertiary/aromatic N) is 1. The molecule has 0 aliphatic heterocycles. The van der Waals surface area contributed by atoms with Crippen LogP contribution in [0.15, 0.2) is 12.4 Å². The minimum Gasteiger partial charge on any atom is -0.487 e. The third-order valence-electron chi connectivity index (χ3n) is 1.22. The minimum atomic E-state index is -0.0713. The molecule has 5 heteroatoms. The molecular weight excluding hydrogens is 180 g/mol. The molecule has 1 rings (SSSR count). The molecule has 0 radical (unpaired) electrons. The van der Waals surface area contributed by atoms with Gasteiger partial charge < -0.3 is 15.6 Å². The Morgan fingerprint density at radius 1 is 1.58 bits per heavy atom. The van der Waals surface area contributed by atoms with Crippen LogP contribution in [0.1, 0.15) is 0 Å². The van der Waals surface area contributed by atoms with Gasteiger partial charge in [0.05, 0.1) is 18.5 Å². The second-order valence-electron chi connectivity index (χ2n) is 2.11. The van der Waals surface area contributed by atoms with Gasteiger partial charge in [0.15, 0.2) is 5.75 Å². The standard InChI is InChI=1S/C7H9ClN2O2/c8-5-3-10-4-6(9)7(5)12-2-1-11/h3-4,11H,1-2,9H2. The van der Waals surface area contributed by atoms with Crippen LogP contribution >= 0.6 is 11.6 Å². The summed E-state index contributed by atoms with van der Waals surface area (Å²) in [4.78, 5) is 3.75. The van der Waals surface area contributed by atoms with E-state index in [1.54, 1.807) is 0 Å². The topological polar surface area (TPSA) is 68.4 Å². The Hall–Kier alpha value is -1.00. The van der Waals surface area contributed by atoms with Gasteiger partial charge in [-0.3, -0.25) is 4.98 Å². The number of hydrogen-bond donors (Lipinski definition) is 2. The number of halogens is 1. The van der Waals surface area contributed by atoms with Crippen molar-refractivity contribution in [1.29, 1.82) is 0 Å². The molecule has 0 spiro atoms. The fourth-order valence-electron chi connectivity index (χ4n) is 0.738. The van der Waals surface area contributed by atoms with Crippen molar-refractivity contribution in [2.75, 3.05) is 18.9 Å². The molecule has 0 aliphatic carbocycles. The highest BCUT2D eigenvalue weighted by Crippen LogP contribution is 2.28. The summed E-state index contributed by atoms with van der Waals surface area (Å²) < 4.78 is 5.07. The molecule has 0 saturated heterocycles. The molecule has 0 aromatic carbocycles. The number of pyridine rings is 1. The lowest BCUT2D eigenvalue weighted by Crippen LogP contribution is -2.04. The smallest absolute Gasteiger partial charge is 0.164 e. The van der Waals surface area contributed by atoms with Crippen molar-refractivity contribution in [1.82, 2.24) is 4.98 Å². The third-order valence-corrected chi connectivity index (χ3v) is 1.49. The molecule has 4 nitrogen and oxygen atoms in total. The van der Waals surface area contributed by atoms with Gasteiger partial charge in [-0.25, -0.2) is 0 Å². The van der Waals surface area contributed by atoms with E-state index in [4.69, 9.17) is 27.2 Å². The van der Waals surface area contributed by atoms with Crippen LogP contribution in [0.3, 0.4) is 0 Å². The van der Waals surface area contributed by atoms with Crippen LogP contribution in [-0.2, 0) is 0 Å². The Morgan fingerprint density at radius 3 is 2.92 bits per heavy atom. The zero-order valence-corrected chi connectivity index (χ0v) is 7.08. The highest BCUT2D eigenvalue weighted by Gasteiger charge is 2.05. The molecule has 1 aromatic rings. The maximum absolute atomic E-state index is 8.48. The largest absolute Gasteiger partial charge is 0.487 e. The van der Waals surface area contributed by atoms with Crippen LogP contribution < -0.4 is 10.5 Å². The van der Waals surface area contributed by atoms with E-state index in [2.05, 4.69) is 4.98 Å². The second-order valence-corrected chi connectivity index (χ2v) is 2.52. The summed E-state index contributed by atoms with van der Waals surface area (Å²) in [6.45, 7) is 0.103. The predicted molar refractivity (Wildman–Crippen MR) is 46.2 cm³/mol. The van der Waals surface area contributed by atoms with E-state index in [9.17, 15) is 0 Å². The number of rotatable bonds is 3. The van der Waals surface area contributed by atoms with E-state index < -0.39 is 0 Å². The van der Waals surface area contributed by atoms with Crippen molar-refractivity contribution in [2.24, 2.45) is 0 Å². The zero-order valence-electron chi connectivity index (χ0n) is 6.33. The Kier molecular flexibility index (Phi) is 3.13. The van der Waals surface area contributed by atoms with Gasteiger partial charge in [0.2, 0.25) is 0 Å². The van der Waals surface area contributed by atoms with E-state index in [1.165, 1.54) is 12.4 Å². The summed E-state index contributed by atoms with van der Waals surface area (Å²) in [7, 11) is 0. The fraction of sp³-hybridized carbons (Fsp3) is 0.286. The van der Waals surface area contributed by atoms with Crippen molar-refractivity contribution in [2.45, 2.75) is 0 Å². The van der Waals surface area contributed by atoms with Crippen LogP contribution in [0.2, 0.25) is 5.02 Å². The van der Waals surface area contributed by atoms with Gasteiger partial charge in [-0.1, -0.05) is 11.6 Å². The first-order valence-electron chi connectivity index (χ1n) is 3.38. The van der Waals surface area contributed by atoms with Gasteiger partial charge in [-0.15, -0.1) is 0 Å². The van der Waals surface area contributed by atoms with Gasteiger partial charge >= 0.3 is 0 Å². The summed E-state index contributed by atoms with van der Waals surface area (Å²) in [6.07, 6.45) is 2.88. The first-order valence-corrected chi connectivity index (χ1v) is 3.76. The Morgan fingerprint density at radius 2 is 2.33 bits per heavy atom. The van der Waals surface area contributed by atoms with E-state index in [-0.39, 0.29) is 13.2 Å². The van der Waals surface area contributed by atoms with Crippen molar-refractivity contribution in [3.8, 4) is 5.75 Å². The van der Waals surface area contributed by atoms with Gasteiger partial charge in [-0.05, 0) is 0 Å². The monoisotopic (exact) mass is 188 g/mol. The van der Waals surface area contributed by atoms with Gasteiger partial charge in [0.25, 0.3) is 0 Å². The van der Waals surface area contributed by atoms with Crippen LogP contribution in [0, 0.1) is 0 Å². The molecule has 1 heterocycles. The number of nitrogen functional groups attached to an aromatic ring is 1. The molecule has 0 fully saturated rings. The number of anilines is 1. The van der Waals surface area contributed by atoms with Crippen molar-refractivity contribution < 1.29 is 9.84 Å². The predicted octanol–water partition coefficient (Wildman–Crippen LogP) is 0.688. The summed E-state index contributed by atoms with van der Waals surface area (Å²) in [5, 5.41) is 8.84. The normalized spacial score (nSPS) is 9.83. The highest BCUT2D eigenvalue weighted by atomic mass is 35.5. The molecule has 3 N–H and O–H groups in total. The van der Waals surface area contributed by atoms with Crippen LogP contribution in [0.5, 0.6) is 5.75 Å². The molecular formula is C7H9ClN2O2. The Bertz CT molecular complexity index is 247. The van der Waals surface area contributed by atoms with E-state index in [1.807, 2.05) is 0 Å². The number of nitrogens with two attached hydrogens (primary N) is 1. The minimum absolute atomic E-state index is 0.0713. The number of aromatic nitrogens is 1. The van der Waals surface area contributed by atoms with Gasteiger partial charge in [0.1, 0.15) is 11.6 Å². The lowest BCUT2D eigenvalue weighted by atomic mass is 10.4. The molecule has 0 atom stereocenters. The summed E-state index contributed by atoms with van der Waals surface area (Å²) in [6, 6.07) is 0. The van der Waals surface area contributed by atoms with Crippen LogP contribution in [-0.4, -0.2) is 23.3 Å². The van der Waals surface area contributed by atoms with Crippen molar-refractivity contribution >= 4 is 17.3 Å². The highest BCUT2D eigenvalue weighted by molar-refractivity contribution is 6.32. The average Bonchev–Trinajstić information content (AvgIpc) is 2.04. The number of aliphatic hydroxyl groups is 1. The van der Waals surface area contributed by atoms with Crippen molar-refractivity contribution in [3.05, 3.63) is 17.4 Å². The quantitative estimate of drug-likeness (QED) is 0.733. The SMILES string of the molecule is Nc1cncc(Cl)c1OCCO. The second kappa shape index (κ2) is 4.13.